The third-order valence-electron chi connectivity index (χ3n) is 2.70. The molecule has 0 atom stereocenters. The Morgan fingerprint density at radius 1 is 1.36 bits per heavy atom. The van der Waals surface area contributed by atoms with Gasteiger partial charge >= 0.3 is 0 Å². The quantitative estimate of drug-likeness (QED) is 0.582. The number of nitrogens with one attached hydrogen (secondary N) is 1. The molecule has 0 bridgehead atoms. The second-order valence-corrected chi connectivity index (χ2v) is 8.20. The maximum absolute atomic E-state index is 11.9. The van der Waals surface area contributed by atoms with Crippen LogP contribution in [0.1, 0.15) is 29.2 Å². The van der Waals surface area contributed by atoms with E-state index in [2.05, 4.69) is 24.1 Å². The monoisotopic (exact) mass is 354 g/mol. The number of hydrogen-bond acceptors (Lipinski definition) is 6. The molecule has 7 heteroatoms. The van der Waals surface area contributed by atoms with Crippen LogP contribution in [0.2, 0.25) is 0 Å². The fraction of sp³-hybridized carbons (Fsp3) is 0.400. The van der Waals surface area contributed by atoms with Gasteiger partial charge in [-0.25, -0.2) is 4.98 Å². The van der Waals surface area contributed by atoms with Gasteiger partial charge in [0.1, 0.15) is 0 Å². The molecule has 2 aromatic heterocycles. The fourth-order valence-corrected chi connectivity index (χ4v) is 4.10. The van der Waals surface area contributed by atoms with E-state index >= 15 is 0 Å². The number of thiazole rings is 1. The lowest BCUT2D eigenvalue weighted by molar-refractivity contribution is -0.120. The number of thiophene rings is 1. The first-order valence-electron chi connectivity index (χ1n) is 6.95. The van der Waals surface area contributed by atoms with Crippen LogP contribution in [0.4, 0.5) is 0 Å². The first-order chi connectivity index (χ1) is 10.5. The fourth-order valence-electron chi connectivity index (χ4n) is 1.62. The Bertz CT molecular complexity index is 621. The third kappa shape index (κ3) is 5.55. The van der Waals surface area contributed by atoms with Crippen molar-refractivity contribution in [2.75, 3.05) is 12.3 Å². The van der Waals surface area contributed by atoms with Crippen LogP contribution in [-0.4, -0.2) is 29.0 Å². The Morgan fingerprint density at radius 3 is 2.86 bits per heavy atom. The zero-order chi connectivity index (χ0) is 15.9. The second kappa shape index (κ2) is 8.45. The minimum absolute atomic E-state index is 0.00906. The van der Waals surface area contributed by atoms with Crippen LogP contribution in [0.25, 0.3) is 0 Å². The van der Waals surface area contributed by atoms with E-state index in [9.17, 15) is 9.59 Å². The van der Waals surface area contributed by atoms with Crippen LogP contribution in [0.5, 0.6) is 0 Å². The first kappa shape index (κ1) is 17.2. The Hall–Kier alpha value is -1.18. The van der Waals surface area contributed by atoms with Gasteiger partial charge in [0, 0.05) is 11.9 Å². The second-order valence-electron chi connectivity index (χ2n) is 5.17. The standard InChI is InChI=1S/C15H18N2O2S3/c1-10(2)7-16-14(19)6-11-8-21-15(17-11)22-9-12(18)13-4-3-5-20-13/h3-5,8,10H,6-7,9H2,1-2H3,(H,16,19). The summed E-state index contributed by atoms with van der Waals surface area (Å²) in [6.45, 7) is 4.80. The molecule has 0 saturated carbocycles. The van der Waals surface area contributed by atoms with Gasteiger partial charge in [-0.15, -0.1) is 22.7 Å². The molecular weight excluding hydrogens is 336 g/mol. The molecule has 0 aromatic carbocycles. The van der Waals surface area contributed by atoms with Gasteiger partial charge < -0.3 is 5.32 Å². The number of carbonyl (C=O) groups is 2. The molecule has 1 N–H and O–H groups in total. The molecule has 1 amide bonds. The molecule has 0 spiro atoms. The van der Waals surface area contributed by atoms with Crippen LogP contribution in [-0.2, 0) is 11.2 Å². The number of Topliss-reactive ketones (excluding diaryl/α,β-unsaturated/α-hetero) is 1. The van der Waals surface area contributed by atoms with Crippen molar-refractivity contribution in [3.05, 3.63) is 33.5 Å². The van der Waals surface area contributed by atoms with Gasteiger partial charge in [0.05, 0.1) is 22.7 Å². The van der Waals surface area contributed by atoms with Gasteiger partial charge in [-0.2, -0.15) is 0 Å². The van der Waals surface area contributed by atoms with Crippen molar-refractivity contribution in [3.63, 3.8) is 0 Å². The summed E-state index contributed by atoms with van der Waals surface area (Å²) in [5.41, 5.74) is 0.761. The Kier molecular flexibility index (Phi) is 6.60. The molecule has 0 saturated heterocycles. The van der Waals surface area contributed by atoms with Crippen LogP contribution in [0.3, 0.4) is 0 Å². The van der Waals surface area contributed by atoms with E-state index < -0.39 is 0 Å². The number of aromatic nitrogens is 1. The summed E-state index contributed by atoms with van der Waals surface area (Å²) in [5.74, 6) is 0.929. The highest BCUT2D eigenvalue weighted by atomic mass is 32.2. The number of thioether (sulfide) groups is 1. The highest BCUT2D eigenvalue weighted by Gasteiger charge is 2.11. The minimum atomic E-state index is -0.00906. The van der Waals surface area contributed by atoms with Crippen molar-refractivity contribution >= 4 is 46.1 Å². The zero-order valence-corrected chi connectivity index (χ0v) is 14.9. The minimum Gasteiger partial charge on any atom is -0.356 e. The largest absolute Gasteiger partial charge is 0.356 e. The van der Waals surface area contributed by atoms with Gasteiger partial charge in [0.25, 0.3) is 0 Å². The van der Waals surface area contributed by atoms with E-state index in [4.69, 9.17) is 0 Å². The summed E-state index contributed by atoms with van der Waals surface area (Å²) >= 11 is 4.36. The molecule has 2 aromatic rings. The van der Waals surface area contributed by atoms with Gasteiger partial charge in [-0.05, 0) is 17.4 Å². The Labute approximate surface area is 142 Å². The number of carbonyl (C=O) groups excluding carboxylic acids is 2. The van der Waals surface area contributed by atoms with Crippen LogP contribution < -0.4 is 5.32 Å². The van der Waals surface area contributed by atoms with Gasteiger partial charge in [0.2, 0.25) is 5.91 Å². The lowest BCUT2D eigenvalue weighted by atomic mass is 10.2. The molecule has 4 nitrogen and oxygen atoms in total. The highest BCUT2D eigenvalue weighted by molar-refractivity contribution is 8.01. The number of rotatable bonds is 8. The molecule has 2 rings (SSSR count). The molecule has 2 heterocycles. The van der Waals surface area contributed by atoms with E-state index in [1.807, 2.05) is 22.9 Å². The maximum atomic E-state index is 11.9. The van der Waals surface area contributed by atoms with Crippen LogP contribution in [0, 0.1) is 5.92 Å². The Balaban J connectivity index is 1.79. The lowest BCUT2D eigenvalue weighted by Gasteiger charge is -2.06. The van der Waals surface area contributed by atoms with Crippen LogP contribution >= 0.6 is 34.4 Å². The molecular formula is C15H18N2O2S3. The number of nitrogens with zero attached hydrogens (tertiary/aromatic N) is 1. The molecule has 0 fully saturated rings. The molecule has 0 aliphatic rings. The summed E-state index contributed by atoms with van der Waals surface area (Å²) in [6, 6.07) is 3.71. The predicted octanol–water partition coefficient (Wildman–Crippen LogP) is 3.49. The van der Waals surface area contributed by atoms with Crippen molar-refractivity contribution in [2.45, 2.75) is 24.6 Å². The molecule has 0 radical (unpaired) electrons. The van der Waals surface area contributed by atoms with Crippen molar-refractivity contribution in [3.8, 4) is 0 Å². The number of amides is 1. The number of ketones is 1. The predicted molar refractivity (Wildman–Crippen MR) is 93.0 cm³/mol. The van der Waals surface area contributed by atoms with E-state index in [1.54, 1.807) is 0 Å². The highest BCUT2D eigenvalue weighted by Crippen LogP contribution is 2.24. The summed E-state index contributed by atoms with van der Waals surface area (Å²) in [6.07, 6.45) is 0.294. The van der Waals surface area contributed by atoms with Gasteiger partial charge in [-0.3, -0.25) is 9.59 Å². The average Bonchev–Trinajstić information content (AvgIpc) is 3.14. The maximum Gasteiger partial charge on any atom is 0.226 e. The Morgan fingerprint density at radius 2 is 2.18 bits per heavy atom. The smallest absolute Gasteiger partial charge is 0.226 e. The number of hydrogen-bond donors (Lipinski definition) is 1. The molecule has 22 heavy (non-hydrogen) atoms. The van der Waals surface area contributed by atoms with E-state index in [1.165, 1.54) is 34.4 Å². The van der Waals surface area contributed by atoms with Gasteiger partial charge in [0.15, 0.2) is 10.1 Å². The molecule has 118 valence electrons. The average molecular weight is 355 g/mol. The molecule has 0 aliphatic carbocycles. The van der Waals surface area contributed by atoms with E-state index in [0.717, 1.165) is 14.9 Å². The SMILES string of the molecule is CC(C)CNC(=O)Cc1csc(SCC(=O)c2cccs2)n1. The molecule has 0 aliphatic heterocycles. The van der Waals surface area contributed by atoms with Crippen molar-refractivity contribution in [2.24, 2.45) is 5.92 Å². The normalized spacial score (nSPS) is 10.9. The van der Waals surface area contributed by atoms with Crippen molar-refractivity contribution < 1.29 is 9.59 Å². The van der Waals surface area contributed by atoms with Crippen molar-refractivity contribution in [1.82, 2.24) is 10.3 Å². The zero-order valence-electron chi connectivity index (χ0n) is 12.5. The summed E-state index contributed by atoms with van der Waals surface area (Å²) in [5, 5.41) is 6.65. The summed E-state index contributed by atoms with van der Waals surface area (Å²) in [7, 11) is 0. The van der Waals surface area contributed by atoms with E-state index in [-0.39, 0.29) is 11.7 Å². The molecule has 0 unspecified atom stereocenters. The van der Waals surface area contributed by atoms with Crippen LogP contribution in [0.15, 0.2) is 27.2 Å². The van der Waals surface area contributed by atoms with E-state index in [0.29, 0.717) is 24.6 Å². The summed E-state index contributed by atoms with van der Waals surface area (Å²) < 4.78 is 0.830. The third-order valence-corrected chi connectivity index (χ3v) is 5.68. The van der Waals surface area contributed by atoms with Gasteiger partial charge in [-0.1, -0.05) is 31.7 Å². The topological polar surface area (TPSA) is 59.1 Å². The lowest BCUT2D eigenvalue weighted by Crippen LogP contribution is -2.28. The first-order valence-corrected chi connectivity index (χ1v) is 9.69. The summed E-state index contributed by atoms with van der Waals surface area (Å²) in [4.78, 5) is 28.8. The van der Waals surface area contributed by atoms with Crippen molar-refractivity contribution in [1.29, 1.82) is 0 Å².